The average molecular weight is 378 g/mol. The number of aryl methyl sites for hydroxylation is 1. The number of nitrogens with one attached hydrogen (secondary N) is 2. The van der Waals surface area contributed by atoms with E-state index < -0.39 is 16.1 Å². The van der Waals surface area contributed by atoms with Gasteiger partial charge in [0, 0.05) is 12.6 Å². The lowest BCUT2D eigenvalue weighted by Crippen LogP contribution is -2.34. The molecular formula is C18H19FN2O4S. The van der Waals surface area contributed by atoms with Crippen LogP contribution in [-0.2, 0) is 21.2 Å². The van der Waals surface area contributed by atoms with Gasteiger partial charge < -0.3 is 10.1 Å². The second-order valence-electron chi connectivity index (χ2n) is 6.00. The maximum atomic E-state index is 13.6. The first-order valence-corrected chi connectivity index (χ1v) is 9.70. The van der Waals surface area contributed by atoms with Crippen LogP contribution in [0.15, 0.2) is 47.4 Å². The third kappa shape index (κ3) is 4.03. The van der Waals surface area contributed by atoms with Gasteiger partial charge in [0.1, 0.15) is 11.6 Å². The number of carbonyl (C=O) groups is 1. The van der Waals surface area contributed by atoms with Gasteiger partial charge >= 0.3 is 0 Å². The van der Waals surface area contributed by atoms with Crippen molar-refractivity contribution in [2.24, 2.45) is 0 Å². The maximum absolute atomic E-state index is 13.6. The Morgan fingerprint density at radius 2 is 2.00 bits per heavy atom. The summed E-state index contributed by atoms with van der Waals surface area (Å²) in [6.45, 7) is 1.77. The van der Waals surface area contributed by atoms with Gasteiger partial charge in [-0.2, -0.15) is 0 Å². The van der Waals surface area contributed by atoms with E-state index in [9.17, 15) is 17.6 Å². The molecule has 138 valence electrons. The van der Waals surface area contributed by atoms with Gasteiger partial charge in [-0.05, 0) is 43.5 Å². The lowest BCUT2D eigenvalue weighted by atomic mass is 10.1. The number of sulfonamides is 1. The summed E-state index contributed by atoms with van der Waals surface area (Å²) in [4.78, 5) is 11.6. The molecule has 6 nitrogen and oxygen atoms in total. The molecule has 3 rings (SSSR count). The molecule has 0 aliphatic carbocycles. The van der Waals surface area contributed by atoms with Gasteiger partial charge in [-0.3, -0.25) is 4.79 Å². The molecule has 1 atom stereocenters. The molecule has 0 radical (unpaired) electrons. The van der Waals surface area contributed by atoms with E-state index in [1.54, 1.807) is 25.1 Å². The highest BCUT2D eigenvalue weighted by Crippen LogP contribution is 2.31. The maximum Gasteiger partial charge on any atom is 0.265 e. The van der Waals surface area contributed by atoms with Crippen molar-refractivity contribution in [1.29, 1.82) is 0 Å². The van der Waals surface area contributed by atoms with Gasteiger partial charge in [-0.1, -0.05) is 18.2 Å². The summed E-state index contributed by atoms with van der Waals surface area (Å²) in [5.74, 6) is -0.260. The van der Waals surface area contributed by atoms with E-state index in [1.165, 1.54) is 24.3 Å². The number of hydrogen-bond donors (Lipinski definition) is 2. The molecule has 2 aromatic rings. The van der Waals surface area contributed by atoms with Crippen molar-refractivity contribution in [2.45, 2.75) is 30.8 Å². The SMILES string of the molecule is CC1Oc2cc(S(=O)(=O)NCCCc3ccccc3F)ccc2NC1=O. The summed E-state index contributed by atoms with van der Waals surface area (Å²) in [5, 5.41) is 2.65. The Hall–Kier alpha value is -2.45. The molecule has 1 unspecified atom stereocenters. The smallest absolute Gasteiger partial charge is 0.265 e. The van der Waals surface area contributed by atoms with Crippen molar-refractivity contribution in [3.63, 3.8) is 0 Å². The molecule has 1 aliphatic rings. The van der Waals surface area contributed by atoms with E-state index in [0.717, 1.165) is 0 Å². The lowest BCUT2D eigenvalue weighted by Gasteiger charge is -2.23. The molecule has 0 saturated carbocycles. The van der Waals surface area contributed by atoms with Crippen molar-refractivity contribution in [1.82, 2.24) is 4.72 Å². The molecule has 0 spiro atoms. The predicted molar refractivity (Wildman–Crippen MR) is 95.1 cm³/mol. The van der Waals surface area contributed by atoms with Gasteiger partial charge in [-0.15, -0.1) is 0 Å². The van der Waals surface area contributed by atoms with Crippen LogP contribution in [-0.4, -0.2) is 27.0 Å². The second-order valence-corrected chi connectivity index (χ2v) is 7.77. The first-order chi connectivity index (χ1) is 12.4. The van der Waals surface area contributed by atoms with Crippen LogP contribution in [0.25, 0.3) is 0 Å². The van der Waals surface area contributed by atoms with E-state index in [1.807, 2.05) is 0 Å². The quantitative estimate of drug-likeness (QED) is 0.757. The largest absolute Gasteiger partial charge is 0.479 e. The van der Waals surface area contributed by atoms with Crippen molar-refractivity contribution in [3.05, 3.63) is 53.8 Å². The molecule has 2 N–H and O–H groups in total. The Bertz CT molecular complexity index is 931. The minimum atomic E-state index is -3.73. The Morgan fingerprint density at radius 3 is 2.77 bits per heavy atom. The summed E-state index contributed by atoms with van der Waals surface area (Å²) < 4.78 is 46.3. The minimum absolute atomic E-state index is 0.0468. The van der Waals surface area contributed by atoms with Crippen LogP contribution in [0.3, 0.4) is 0 Å². The zero-order chi connectivity index (χ0) is 18.7. The summed E-state index contributed by atoms with van der Waals surface area (Å²) in [7, 11) is -3.73. The topological polar surface area (TPSA) is 84.5 Å². The zero-order valence-electron chi connectivity index (χ0n) is 14.2. The van der Waals surface area contributed by atoms with Crippen molar-refractivity contribution >= 4 is 21.6 Å². The summed E-state index contributed by atoms with van der Waals surface area (Å²) in [6, 6.07) is 10.7. The first-order valence-electron chi connectivity index (χ1n) is 8.21. The summed E-state index contributed by atoms with van der Waals surface area (Å²) in [5.41, 5.74) is 0.991. The number of benzene rings is 2. The van der Waals surface area contributed by atoms with E-state index in [2.05, 4.69) is 10.0 Å². The third-order valence-electron chi connectivity index (χ3n) is 4.07. The van der Waals surface area contributed by atoms with Crippen LogP contribution < -0.4 is 14.8 Å². The first kappa shape index (κ1) is 18.3. The average Bonchev–Trinajstić information content (AvgIpc) is 2.60. The molecule has 1 amide bonds. The molecule has 0 saturated heterocycles. The third-order valence-corrected chi connectivity index (χ3v) is 5.53. The van der Waals surface area contributed by atoms with Gasteiger partial charge in [0.25, 0.3) is 5.91 Å². The molecule has 0 fully saturated rings. The zero-order valence-corrected chi connectivity index (χ0v) is 15.0. The van der Waals surface area contributed by atoms with E-state index >= 15 is 0 Å². The number of hydrogen-bond acceptors (Lipinski definition) is 4. The molecule has 1 heterocycles. The number of carbonyl (C=O) groups excluding carboxylic acids is 1. The van der Waals surface area contributed by atoms with Crippen molar-refractivity contribution in [2.75, 3.05) is 11.9 Å². The Kier molecular flexibility index (Phi) is 5.24. The molecular weight excluding hydrogens is 359 g/mol. The van der Waals surface area contributed by atoms with Gasteiger partial charge in [0.2, 0.25) is 10.0 Å². The standard InChI is InChI=1S/C18H19FN2O4S/c1-12-18(22)21-16-9-8-14(11-17(16)25-12)26(23,24)20-10-4-6-13-5-2-3-7-15(13)19/h2-3,5,7-9,11-12,20H,4,6,10H2,1H3,(H,21,22). The highest BCUT2D eigenvalue weighted by molar-refractivity contribution is 7.89. The van der Waals surface area contributed by atoms with Crippen molar-refractivity contribution in [3.8, 4) is 5.75 Å². The normalized spacial score (nSPS) is 16.5. The molecule has 2 aromatic carbocycles. The minimum Gasteiger partial charge on any atom is -0.479 e. The molecule has 0 aromatic heterocycles. The number of rotatable bonds is 6. The van der Waals surface area contributed by atoms with Gasteiger partial charge in [-0.25, -0.2) is 17.5 Å². The number of halogens is 1. The van der Waals surface area contributed by atoms with Gasteiger partial charge in [0.05, 0.1) is 10.6 Å². The van der Waals surface area contributed by atoms with E-state index in [4.69, 9.17) is 4.74 Å². The Balaban J connectivity index is 1.63. The lowest BCUT2D eigenvalue weighted by molar-refractivity contribution is -0.122. The fourth-order valence-electron chi connectivity index (χ4n) is 2.62. The van der Waals surface area contributed by atoms with Crippen LogP contribution in [0.1, 0.15) is 18.9 Å². The fourth-order valence-corrected chi connectivity index (χ4v) is 3.71. The van der Waals surface area contributed by atoms with E-state index in [0.29, 0.717) is 29.8 Å². The number of anilines is 1. The molecule has 8 heteroatoms. The van der Waals surface area contributed by atoms with Crippen LogP contribution in [0.2, 0.25) is 0 Å². The predicted octanol–water partition coefficient (Wildman–Crippen LogP) is 2.46. The van der Waals surface area contributed by atoms with Crippen LogP contribution in [0.4, 0.5) is 10.1 Å². The van der Waals surface area contributed by atoms with E-state index in [-0.39, 0.29) is 23.2 Å². The van der Waals surface area contributed by atoms with Crippen LogP contribution in [0.5, 0.6) is 5.75 Å². The highest BCUT2D eigenvalue weighted by atomic mass is 32.2. The second kappa shape index (κ2) is 7.43. The number of fused-ring (bicyclic) bond motifs is 1. The Labute approximate surface area is 151 Å². The summed E-state index contributed by atoms with van der Waals surface area (Å²) >= 11 is 0. The van der Waals surface area contributed by atoms with Crippen molar-refractivity contribution < 1.29 is 22.3 Å². The highest BCUT2D eigenvalue weighted by Gasteiger charge is 2.25. The van der Waals surface area contributed by atoms with Crippen LogP contribution >= 0.6 is 0 Å². The number of ether oxygens (including phenoxy) is 1. The Morgan fingerprint density at radius 1 is 1.23 bits per heavy atom. The molecule has 0 bridgehead atoms. The van der Waals surface area contributed by atoms with Crippen LogP contribution in [0, 0.1) is 5.82 Å². The molecule has 1 aliphatic heterocycles. The monoisotopic (exact) mass is 378 g/mol. The fraction of sp³-hybridized carbons (Fsp3) is 0.278. The number of amides is 1. The molecule has 26 heavy (non-hydrogen) atoms. The summed E-state index contributed by atoms with van der Waals surface area (Å²) in [6.07, 6.45) is 0.218. The van der Waals surface area contributed by atoms with Gasteiger partial charge in [0.15, 0.2) is 6.10 Å².